The van der Waals surface area contributed by atoms with Gasteiger partial charge in [0.1, 0.15) is 5.78 Å². The first kappa shape index (κ1) is 24.4. The lowest BCUT2D eigenvalue weighted by molar-refractivity contribution is -0.129. The van der Waals surface area contributed by atoms with Gasteiger partial charge in [0.15, 0.2) is 5.82 Å². The summed E-state index contributed by atoms with van der Waals surface area (Å²) < 4.78 is 1.20. The van der Waals surface area contributed by atoms with Crippen molar-refractivity contribution in [3.63, 3.8) is 0 Å². The molecule has 1 aromatic carbocycles. The number of fused-ring (bicyclic) bond motifs is 1. The van der Waals surface area contributed by atoms with E-state index in [2.05, 4.69) is 44.9 Å². The van der Waals surface area contributed by atoms with Gasteiger partial charge in [-0.2, -0.15) is 5.21 Å². The van der Waals surface area contributed by atoms with Crippen LogP contribution in [0.15, 0.2) is 54.6 Å². The average molecular weight is 481 g/mol. The van der Waals surface area contributed by atoms with Crippen LogP contribution in [-0.2, 0) is 17.6 Å². The molecule has 3 aromatic rings. The predicted molar refractivity (Wildman–Crippen MR) is 133 cm³/mol. The summed E-state index contributed by atoms with van der Waals surface area (Å²) >= 11 is 1.68. The summed E-state index contributed by atoms with van der Waals surface area (Å²) in [5, 5.41) is 36.6. The largest absolute Gasteiger partial charge is 0.391 e. The lowest BCUT2D eigenvalue weighted by Crippen LogP contribution is -2.31. The van der Waals surface area contributed by atoms with Gasteiger partial charge in [-0.25, -0.2) is 0 Å². The summed E-state index contributed by atoms with van der Waals surface area (Å²) in [4.78, 5) is 14.2. The van der Waals surface area contributed by atoms with Crippen LogP contribution < -0.4 is 0 Å². The fourth-order valence-corrected chi connectivity index (χ4v) is 5.81. The van der Waals surface area contributed by atoms with Crippen molar-refractivity contribution in [2.75, 3.05) is 0 Å². The smallest absolute Gasteiger partial charge is 0.174 e. The summed E-state index contributed by atoms with van der Waals surface area (Å²) in [6.07, 6.45) is 9.85. The number of ketones is 1. The third-order valence-corrected chi connectivity index (χ3v) is 7.84. The second kappa shape index (κ2) is 10.7. The predicted octanol–water partition coefficient (Wildman–Crippen LogP) is 4.05. The normalized spacial score (nSPS) is 23.5. The minimum absolute atomic E-state index is 0.0742. The van der Waals surface area contributed by atoms with E-state index in [1.807, 2.05) is 38.1 Å². The Morgan fingerprint density at radius 1 is 1.26 bits per heavy atom. The number of hydrogen-bond acceptors (Lipinski definition) is 7. The van der Waals surface area contributed by atoms with Crippen molar-refractivity contribution >= 4 is 27.2 Å². The maximum Gasteiger partial charge on any atom is 0.174 e. The molecule has 1 aliphatic rings. The van der Waals surface area contributed by atoms with E-state index in [1.165, 1.54) is 10.1 Å². The summed E-state index contributed by atoms with van der Waals surface area (Å²) in [7, 11) is 0. The number of tetrazole rings is 1. The van der Waals surface area contributed by atoms with Crippen molar-refractivity contribution in [3.05, 3.63) is 65.3 Å². The molecule has 180 valence electrons. The molecule has 0 radical (unpaired) electrons. The Morgan fingerprint density at radius 3 is 2.85 bits per heavy atom. The van der Waals surface area contributed by atoms with Crippen LogP contribution in [-0.4, -0.2) is 48.8 Å². The van der Waals surface area contributed by atoms with Crippen molar-refractivity contribution in [3.8, 4) is 0 Å². The molecule has 0 amide bonds. The molecular weight excluding hydrogens is 448 g/mol. The van der Waals surface area contributed by atoms with Crippen molar-refractivity contribution in [2.24, 2.45) is 17.3 Å². The van der Waals surface area contributed by atoms with Crippen molar-refractivity contribution in [2.45, 2.75) is 58.2 Å². The van der Waals surface area contributed by atoms with E-state index < -0.39 is 17.6 Å². The number of H-pyrrole nitrogens is 1. The summed E-state index contributed by atoms with van der Waals surface area (Å²) in [6, 6.07) is 10.3. The van der Waals surface area contributed by atoms with Crippen molar-refractivity contribution < 1.29 is 15.0 Å². The molecule has 8 heteroatoms. The van der Waals surface area contributed by atoms with Crippen LogP contribution in [0.5, 0.6) is 0 Å². The van der Waals surface area contributed by atoms with Crippen LogP contribution in [0.4, 0.5) is 0 Å². The number of aromatic nitrogens is 4. The number of carbonyl (C=O) groups is 1. The maximum absolute atomic E-state index is 13.0. The monoisotopic (exact) mass is 480 g/mol. The van der Waals surface area contributed by atoms with Crippen molar-refractivity contribution in [1.82, 2.24) is 20.6 Å². The number of aromatic amines is 1. The number of unbranched alkanes of at least 4 members (excludes halogenated alkanes) is 1. The van der Waals surface area contributed by atoms with Gasteiger partial charge in [-0.1, -0.05) is 61.6 Å². The van der Waals surface area contributed by atoms with Gasteiger partial charge in [0.05, 0.1) is 17.6 Å². The highest BCUT2D eigenvalue weighted by Crippen LogP contribution is 2.44. The first-order chi connectivity index (χ1) is 16.4. The number of aliphatic hydroxyl groups excluding tert-OH is 2. The second-order valence-electron chi connectivity index (χ2n) is 9.55. The standard InChI is InChI=1S/C26H32N4O3S/c1-26(2)24(32)20(10-5-3-4-6-12-23-27-29-30-28-23)21(25(26)33)14-13-18(31)16-19-15-17-9-7-8-11-22(17)34-19/h3,5,7-9,11,13-15,18,20-21,25,31,33H,4,6,10,12,16H2,1-2H3,(H,27,28,29,30). The molecule has 34 heavy (non-hydrogen) atoms. The quantitative estimate of drug-likeness (QED) is 0.298. The highest BCUT2D eigenvalue weighted by molar-refractivity contribution is 7.19. The van der Waals surface area contributed by atoms with E-state index in [1.54, 1.807) is 17.4 Å². The minimum Gasteiger partial charge on any atom is -0.391 e. The molecule has 2 aromatic heterocycles. The lowest BCUT2D eigenvalue weighted by atomic mass is 9.86. The zero-order valence-electron chi connectivity index (χ0n) is 19.6. The van der Waals surface area contributed by atoms with Crippen LogP contribution in [0.25, 0.3) is 10.1 Å². The van der Waals surface area contributed by atoms with Crippen LogP contribution in [0.2, 0.25) is 0 Å². The Balaban J connectivity index is 1.35. The number of carbonyl (C=O) groups excluding carboxylic acids is 1. The lowest BCUT2D eigenvalue weighted by Gasteiger charge is -2.22. The van der Waals surface area contributed by atoms with Crippen LogP contribution in [0, 0.1) is 17.3 Å². The topological polar surface area (TPSA) is 112 Å². The third-order valence-electron chi connectivity index (χ3n) is 6.70. The molecule has 3 N–H and O–H groups in total. The molecule has 1 fully saturated rings. The van der Waals surface area contributed by atoms with E-state index in [-0.39, 0.29) is 17.6 Å². The average Bonchev–Trinajstić information content (AvgIpc) is 3.51. The Morgan fingerprint density at radius 2 is 2.09 bits per heavy atom. The summed E-state index contributed by atoms with van der Waals surface area (Å²) in [6.45, 7) is 3.62. The van der Waals surface area contributed by atoms with Gasteiger partial charge in [-0.05, 0) is 36.8 Å². The molecule has 0 aliphatic heterocycles. The van der Waals surface area contributed by atoms with Gasteiger partial charge < -0.3 is 10.2 Å². The number of nitrogens with one attached hydrogen (secondary N) is 1. The van der Waals surface area contributed by atoms with E-state index >= 15 is 0 Å². The molecule has 0 spiro atoms. The Labute approximate surface area is 203 Å². The number of thiophene rings is 1. The Kier molecular flexibility index (Phi) is 7.70. The third kappa shape index (κ3) is 5.51. The number of aryl methyl sites for hydroxylation is 1. The van der Waals surface area contributed by atoms with Gasteiger partial charge in [-0.3, -0.25) is 4.79 Å². The minimum atomic E-state index is -0.803. The first-order valence-electron chi connectivity index (χ1n) is 11.8. The molecule has 4 unspecified atom stereocenters. The zero-order chi connectivity index (χ0) is 24.1. The number of hydrogen-bond donors (Lipinski definition) is 3. The Hall–Kier alpha value is -2.68. The van der Waals surface area contributed by atoms with Gasteiger partial charge in [0.2, 0.25) is 0 Å². The maximum atomic E-state index is 13.0. The number of nitrogens with zero attached hydrogens (tertiary/aromatic N) is 3. The van der Waals surface area contributed by atoms with Gasteiger partial charge in [0.25, 0.3) is 0 Å². The molecule has 7 nitrogen and oxygen atoms in total. The fraction of sp³-hybridized carbons (Fsp3) is 0.462. The number of aliphatic hydroxyl groups is 2. The number of allylic oxidation sites excluding steroid dienone is 2. The van der Waals surface area contributed by atoms with Gasteiger partial charge in [0, 0.05) is 34.3 Å². The van der Waals surface area contributed by atoms with Crippen LogP contribution in [0.1, 0.15) is 43.8 Å². The molecular formula is C26H32N4O3S. The highest BCUT2D eigenvalue weighted by atomic mass is 32.1. The molecule has 4 rings (SSSR count). The van der Waals surface area contributed by atoms with Crippen molar-refractivity contribution in [1.29, 1.82) is 0 Å². The van der Waals surface area contributed by atoms with E-state index in [9.17, 15) is 15.0 Å². The Bertz CT molecular complexity index is 1120. The summed E-state index contributed by atoms with van der Waals surface area (Å²) in [5.41, 5.74) is -0.803. The summed E-state index contributed by atoms with van der Waals surface area (Å²) in [5.74, 6) is 0.156. The van der Waals surface area contributed by atoms with E-state index in [0.29, 0.717) is 18.7 Å². The molecule has 0 saturated heterocycles. The fourth-order valence-electron chi connectivity index (χ4n) is 4.70. The molecule has 2 heterocycles. The van der Waals surface area contributed by atoms with Gasteiger partial charge >= 0.3 is 0 Å². The molecule has 4 atom stereocenters. The molecule has 1 aliphatic carbocycles. The van der Waals surface area contributed by atoms with Crippen LogP contribution in [0.3, 0.4) is 0 Å². The number of benzene rings is 1. The SMILES string of the molecule is CC1(C)C(=O)C(CC=CCCCc2nn[nH]n2)C(C=CC(O)Cc2cc3ccccc3s2)C1O. The molecule has 0 bridgehead atoms. The van der Waals surface area contributed by atoms with E-state index in [4.69, 9.17) is 0 Å². The number of Topliss-reactive ketones (excluding diaryl/α,β-unsaturated/α-hetero) is 1. The van der Waals surface area contributed by atoms with E-state index in [0.717, 1.165) is 24.1 Å². The molecule has 1 saturated carbocycles. The van der Waals surface area contributed by atoms with Crippen LogP contribution >= 0.6 is 11.3 Å². The zero-order valence-corrected chi connectivity index (χ0v) is 20.4. The first-order valence-corrected chi connectivity index (χ1v) is 12.6. The van der Waals surface area contributed by atoms with Gasteiger partial charge in [-0.15, -0.1) is 21.5 Å². The highest BCUT2D eigenvalue weighted by Gasteiger charge is 2.52. The second-order valence-corrected chi connectivity index (χ2v) is 10.7. The number of rotatable bonds is 10.